The molecule has 0 amide bonds. The molecule has 31 heavy (non-hydrogen) atoms. The van der Waals surface area contributed by atoms with E-state index in [4.69, 9.17) is 16.3 Å². The van der Waals surface area contributed by atoms with Crippen molar-refractivity contribution in [1.82, 2.24) is 9.55 Å². The molecule has 0 atom stereocenters. The largest absolute Gasteiger partial charge is 0.507 e. The molecule has 4 rings (SSSR count). The highest BCUT2D eigenvalue weighted by atomic mass is 35.5. The molecule has 0 spiro atoms. The summed E-state index contributed by atoms with van der Waals surface area (Å²) in [6.07, 6.45) is 2.62. The lowest BCUT2D eigenvalue weighted by Crippen LogP contribution is -1.99. The molecule has 4 nitrogen and oxygen atoms in total. The van der Waals surface area contributed by atoms with Crippen LogP contribution in [0.5, 0.6) is 11.5 Å². The van der Waals surface area contributed by atoms with Gasteiger partial charge in [0.15, 0.2) is 0 Å². The number of halogens is 1. The highest BCUT2D eigenvalue weighted by Gasteiger charge is 2.17. The average Bonchev–Trinajstić information content (AvgIpc) is 3.17. The fraction of sp³-hybridized carbons (Fsp3) is 0.192. The van der Waals surface area contributed by atoms with E-state index in [0.29, 0.717) is 12.5 Å². The number of aryl methyl sites for hydroxylation is 1. The van der Waals surface area contributed by atoms with Crippen molar-refractivity contribution in [2.75, 3.05) is 12.5 Å². The summed E-state index contributed by atoms with van der Waals surface area (Å²) in [6, 6.07) is 21.7. The number of nitrogens with zero attached hydrogens (tertiary/aromatic N) is 2. The lowest BCUT2D eigenvalue weighted by atomic mass is 9.87. The first-order chi connectivity index (χ1) is 15.1. The molecule has 0 fully saturated rings. The first-order valence-corrected chi connectivity index (χ1v) is 10.9. The third-order valence-electron chi connectivity index (χ3n) is 5.39. The van der Waals surface area contributed by atoms with Crippen molar-refractivity contribution < 1.29 is 9.84 Å². The van der Waals surface area contributed by atoms with Gasteiger partial charge in [0.2, 0.25) is 0 Å². The second-order valence-electron chi connectivity index (χ2n) is 7.35. The number of alkyl halides is 1. The highest BCUT2D eigenvalue weighted by molar-refractivity contribution is 6.18. The normalized spacial score (nSPS) is 12.1. The molecule has 3 aromatic carbocycles. The Morgan fingerprint density at radius 3 is 2.48 bits per heavy atom. The van der Waals surface area contributed by atoms with Gasteiger partial charge in [-0.3, -0.25) is 0 Å². The quantitative estimate of drug-likeness (QED) is 0.276. The van der Waals surface area contributed by atoms with Crippen LogP contribution < -0.4 is 4.74 Å². The molecule has 0 saturated heterocycles. The van der Waals surface area contributed by atoms with E-state index in [-0.39, 0.29) is 5.75 Å². The van der Waals surface area contributed by atoms with Gasteiger partial charge in [-0.1, -0.05) is 43.3 Å². The SMILES string of the molecule is CCC(=C(c1ccc(OCCCl)cc1)c1ccccc1O)c1ccc2c(c1)ncn2C. The number of hydrogen-bond acceptors (Lipinski definition) is 3. The average molecular weight is 433 g/mol. The van der Waals surface area contributed by atoms with Crippen LogP contribution in [0.1, 0.15) is 30.0 Å². The predicted molar refractivity (Wildman–Crippen MR) is 128 cm³/mol. The highest BCUT2D eigenvalue weighted by Crippen LogP contribution is 2.39. The maximum absolute atomic E-state index is 10.7. The van der Waals surface area contributed by atoms with E-state index in [2.05, 4.69) is 30.1 Å². The first kappa shape index (κ1) is 21.0. The van der Waals surface area contributed by atoms with Gasteiger partial charge in [0.05, 0.1) is 23.2 Å². The molecule has 0 bridgehead atoms. The Balaban J connectivity index is 1.90. The Kier molecular flexibility index (Phi) is 6.28. The number of imidazole rings is 1. The summed E-state index contributed by atoms with van der Waals surface area (Å²) in [5.74, 6) is 1.47. The molecule has 4 aromatic rings. The zero-order valence-electron chi connectivity index (χ0n) is 17.7. The molecular weight excluding hydrogens is 408 g/mol. The number of para-hydroxylation sites is 1. The van der Waals surface area contributed by atoms with Crippen molar-refractivity contribution in [3.63, 3.8) is 0 Å². The van der Waals surface area contributed by atoms with Gasteiger partial charge in [0.1, 0.15) is 18.1 Å². The molecule has 0 aliphatic rings. The number of aromatic nitrogens is 2. The lowest BCUT2D eigenvalue weighted by molar-refractivity contribution is 0.343. The number of fused-ring (bicyclic) bond motifs is 1. The minimum atomic E-state index is 0.254. The second-order valence-corrected chi connectivity index (χ2v) is 7.72. The Hall–Kier alpha value is -3.24. The number of aromatic hydroxyl groups is 1. The van der Waals surface area contributed by atoms with Gasteiger partial charge in [0, 0.05) is 12.6 Å². The molecule has 0 saturated carbocycles. The van der Waals surface area contributed by atoms with Crippen LogP contribution in [-0.4, -0.2) is 27.1 Å². The standard InChI is InChI=1S/C26H25ClN2O2/c1-3-21(19-10-13-24-23(16-19)28-17-29(24)2)26(22-6-4-5-7-25(22)30)18-8-11-20(12-9-18)31-15-14-27/h4-13,16-17,30H,3,14-15H2,1-2H3. The lowest BCUT2D eigenvalue weighted by Gasteiger charge is -2.18. The van der Waals surface area contributed by atoms with Gasteiger partial charge in [0.25, 0.3) is 0 Å². The summed E-state index contributed by atoms with van der Waals surface area (Å²) in [7, 11) is 1.99. The van der Waals surface area contributed by atoms with Crippen molar-refractivity contribution in [3.8, 4) is 11.5 Å². The zero-order chi connectivity index (χ0) is 21.8. The van der Waals surface area contributed by atoms with Gasteiger partial charge in [-0.2, -0.15) is 0 Å². The smallest absolute Gasteiger partial charge is 0.123 e. The van der Waals surface area contributed by atoms with Crippen molar-refractivity contribution in [3.05, 3.63) is 89.7 Å². The van der Waals surface area contributed by atoms with Crippen LogP contribution >= 0.6 is 11.6 Å². The summed E-state index contributed by atoms with van der Waals surface area (Å²) < 4.78 is 7.65. The molecule has 1 N–H and O–H groups in total. The molecular formula is C26H25ClN2O2. The van der Waals surface area contributed by atoms with Crippen molar-refractivity contribution in [2.24, 2.45) is 7.05 Å². The maximum Gasteiger partial charge on any atom is 0.123 e. The maximum atomic E-state index is 10.7. The van der Waals surface area contributed by atoms with Crippen LogP contribution in [0.2, 0.25) is 0 Å². The van der Waals surface area contributed by atoms with Crippen LogP contribution in [0.25, 0.3) is 22.2 Å². The fourth-order valence-electron chi connectivity index (χ4n) is 3.90. The number of rotatable bonds is 7. The van der Waals surface area contributed by atoms with Crippen molar-refractivity contribution >= 4 is 33.8 Å². The Morgan fingerprint density at radius 2 is 1.77 bits per heavy atom. The fourth-order valence-corrected chi connectivity index (χ4v) is 3.98. The number of hydrogen-bond donors (Lipinski definition) is 1. The van der Waals surface area contributed by atoms with Crippen LogP contribution in [0.3, 0.4) is 0 Å². The minimum Gasteiger partial charge on any atom is -0.507 e. The van der Waals surface area contributed by atoms with Crippen LogP contribution in [0, 0.1) is 0 Å². The summed E-state index contributed by atoms with van der Waals surface area (Å²) in [5.41, 5.74) is 7.08. The second kappa shape index (κ2) is 9.27. The number of phenols is 1. The van der Waals surface area contributed by atoms with E-state index in [1.165, 1.54) is 0 Å². The zero-order valence-corrected chi connectivity index (χ0v) is 18.4. The first-order valence-electron chi connectivity index (χ1n) is 10.3. The molecule has 0 unspecified atom stereocenters. The van der Waals surface area contributed by atoms with E-state index >= 15 is 0 Å². The van der Waals surface area contributed by atoms with E-state index in [1.807, 2.05) is 60.4 Å². The third kappa shape index (κ3) is 4.30. The van der Waals surface area contributed by atoms with E-state index in [1.54, 1.807) is 6.07 Å². The Morgan fingerprint density at radius 1 is 1.03 bits per heavy atom. The summed E-state index contributed by atoms with van der Waals surface area (Å²) in [5, 5.41) is 10.7. The summed E-state index contributed by atoms with van der Waals surface area (Å²) in [6.45, 7) is 2.60. The van der Waals surface area contributed by atoms with Gasteiger partial charge in [-0.15, -0.1) is 11.6 Å². The summed E-state index contributed by atoms with van der Waals surface area (Å²) >= 11 is 5.73. The molecule has 1 aromatic heterocycles. The van der Waals surface area contributed by atoms with Gasteiger partial charge < -0.3 is 14.4 Å². The van der Waals surface area contributed by atoms with Gasteiger partial charge in [-0.25, -0.2) is 4.98 Å². The number of benzene rings is 3. The number of phenolic OH excluding ortho intramolecular Hbond substituents is 1. The van der Waals surface area contributed by atoms with E-state index in [9.17, 15) is 5.11 Å². The minimum absolute atomic E-state index is 0.254. The summed E-state index contributed by atoms with van der Waals surface area (Å²) in [4.78, 5) is 4.52. The topological polar surface area (TPSA) is 47.3 Å². The third-order valence-corrected chi connectivity index (χ3v) is 5.55. The van der Waals surface area contributed by atoms with Crippen molar-refractivity contribution in [1.29, 1.82) is 0 Å². The van der Waals surface area contributed by atoms with E-state index in [0.717, 1.165) is 51.0 Å². The molecule has 0 aliphatic heterocycles. The molecule has 158 valence electrons. The molecule has 0 radical (unpaired) electrons. The molecule has 0 aliphatic carbocycles. The van der Waals surface area contributed by atoms with Gasteiger partial charge in [-0.05, 0) is 59.0 Å². The van der Waals surface area contributed by atoms with Crippen LogP contribution in [0.4, 0.5) is 0 Å². The Bertz CT molecular complexity index is 1230. The Labute approximate surface area is 187 Å². The number of allylic oxidation sites excluding steroid dienone is 1. The molecule has 5 heteroatoms. The monoisotopic (exact) mass is 432 g/mol. The van der Waals surface area contributed by atoms with Crippen molar-refractivity contribution in [2.45, 2.75) is 13.3 Å². The van der Waals surface area contributed by atoms with Crippen LogP contribution in [0.15, 0.2) is 73.1 Å². The van der Waals surface area contributed by atoms with E-state index < -0.39 is 0 Å². The predicted octanol–water partition coefficient (Wildman–Crippen LogP) is 6.27. The van der Waals surface area contributed by atoms with Gasteiger partial charge >= 0.3 is 0 Å². The van der Waals surface area contributed by atoms with Crippen LogP contribution in [-0.2, 0) is 7.05 Å². The molecule has 1 heterocycles. The number of ether oxygens (including phenoxy) is 1.